The third-order valence-electron chi connectivity index (χ3n) is 9.00. The van der Waals surface area contributed by atoms with Gasteiger partial charge in [0.1, 0.15) is 11.9 Å². The molecular weight excluding hydrogens is 653 g/mol. The summed E-state index contributed by atoms with van der Waals surface area (Å²) in [6.07, 6.45) is 3.06. The second kappa shape index (κ2) is 16.1. The van der Waals surface area contributed by atoms with Crippen molar-refractivity contribution in [2.24, 2.45) is 0 Å². The molecule has 0 saturated heterocycles. The van der Waals surface area contributed by atoms with E-state index in [1.807, 2.05) is 97.1 Å². The van der Waals surface area contributed by atoms with Crippen molar-refractivity contribution in [2.75, 3.05) is 13.7 Å². The van der Waals surface area contributed by atoms with Crippen molar-refractivity contribution in [1.29, 1.82) is 0 Å². The first-order chi connectivity index (χ1) is 24.3. The highest BCUT2D eigenvalue weighted by Crippen LogP contribution is 2.36. The molecule has 0 unspecified atom stereocenters. The quantitative estimate of drug-likeness (QED) is 0.114. The number of carbonyl (C=O) groups excluding carboxylic acids is 1. The Morgan fingerprint density at radius 3 is 1.96 bits per heavy atom. The van der Waals surface area contributed by atoms with Crippen molar-refractivity contribution in [3.05, 3.63) is 137 Å². The molecule has 0 N–H and O–H groups in total. The number of nitrogens with zero attached hydrogens (tertiary/aromatic N) is 4. The van der Waals surface area contributed by atoms with Gasteiger partial charge in [-0.15, -0.1) is 5.10 Å². The highest BCUT2D eigenvalue weighted by Gasteiger charge is 2.30. The number of methoxy groups -OCH3 is 1. The molecule has 1 aliphatic carbocycles. The summed E-state index contributed by atoms with van der Waals surface area (Å²) in [5.41, 5.74) is 3.97. The molecule has 1 heterocycles. The SMILES string of the molecule is CCOC(=O)c1nnn(Cc2ccc(OC)cc2)c1OC1CCC(c2ccc(S(=O)(=O)N(Cc3ccccc3)Cc3ccccc3)cc2)CC1. The van der Waals surface area contributed by atoms with Crippen LogP contribution in [0.4, 0.5) is 0 Å². The van der Waals surface area contributed by atoms with Crippen LogP contribution in [-0.2, 0) is 34.4 Å². The number of rotatable bonds is 14. The lowest BCUT2D eigenvalue weighted by atomic mass is 9.83. The summed E-state index contributed by atoms with van der Waals surface area (Å²) in [4.78, 5) is 13.0. The first-order valence-electron chi connectivity index (χ1n) is 16.9. The average molecular weight is 695 g/mol. The van der Waals surface area contributed by atoms with Gasteiger partial charge in [-0.25, -0.2) is 17.9 Å². The molecule has 0 atom stereocenters. The van der Waals surface area contributed by atoms with Gasteiger partial charge in [-0.05, 0) is 85.0 Å². The molecule has 0 amide bonds. The maximum atomic E-state index is 14.0. The van der Waals surface area contributed by atoms with Crippen LogP contribution in [0.3, 0.4) is 0 Å². The minimum absolute atomic E-state index is 0.0628. The van der Waals surface area contributed by atoms with Crippen LogP contribution in [0.1, 0.15) is 71.3 Å². The molecule has 4 aromatic carbocycles. The molecule has 260 valence electrons. The van der Waals surface area contributed by atoms with E-state index >= 15 is 0 Å². The maximum Gasteiger partial charge on any atom is 0.364 e. The molecule has 1 saturated carbocycles. The van der Waals surface area contributed by atoms with E-state index in [4.69, 9.17) is 14.2 Å². The van der Waals surface area contributed by atoms with E-state index in [0.29, 0.717) is 12.4 Å². The third kappa shape index (κ3) is 8.40. The van der Waals surface area contributed by atoms with Crippen LogP contribution < -0.4 is 9.47 Å². The Balaban J connectivity index is 1.13. The van der Waals surface area contributed by atoms with Crippen LogP contribution in [-0.4, -0.2) is 53.5 Å². The molecular formula is C39H42N4O6S. The summed E-state index contributed by atoms with van der Waals surface area (Å²) in [5, 5.41) is 8.35. The zero-order valence-electron chi connectivity index (χ0n) is 28.4. The third-order valence-corrected chi connectivity index (χ3v) is 10.8. The number of carbonyl (C=O) groups is 1. The van der Waals surface area contributed by atoms with Crippen molar-refractivity contribution >= 4 is 16.0 Å². The zero-order valence-corrected chi connectivity index (χ0v) is 29.2. The fourth-order valence-corrected chi connectivity index (χ4v) is 7.71. The average Bonchev–Trinajstić information content (AvgIpc) is 3.54. The molecule has 10 nitrogen and oxygen atoms in total. The summed E-state index contributed by atoms with van der Waals surface area (Å²) in [6.45, 7) is 2.87. The molecule has 11 heteroatoms. The van der Waals surface area contributed by atoms with Crippen LogP contribution in [0.25, 0.3) is 0 Å². The van der Waals surface area contributed by atoms with Gasteiger partial charge in [-0.3, -0.25) is 0 Å². The molecule has 1 aliphatic rings. The standard InChI is InChI=1S/C39H42N4O6S/c1-3-48-39(44)37-38(43(41-40-37)28-31-14-20-34(47-2)21-15-31)49-35-22-16-32(17-23-35)33-18-24-36(25-19-33)50(45,46)42(26-29-10-6-4-7-11-29)27-30-12-8-5-9-13-30/h4-15,18-21,24-25,32,35H,3,16-17,22-23,26-28H2,1-2H3. The van der Waals surface area contributed by atoms with Gasteiger partial charge in [-0.2, -0.15) is 4.31 Å². The molecule has 1 fully saturated rings. The summed E-state index contributed by atoms with van der Waals surface area (Å²) in [5.74, 6) is 0.728. The smallest absolute Gasteiger partial charge is 0.364 e. The van der Waals surface area contributed by atoms with Gasteiger partial charge in [0.15, 0.2) is 0 Å². The Kier molecular flexibility index (Phi) is 11.2. The predicted molar refractivity (Wildman–Crippen MR) is 189 cm³/mol. The highest BCUT2D eigenvalue weighted by molar-refractivity contribution is 7.89. The Bertz CT molecular complexity index is 1900. The molecule has 6 rings (SSSR count). The summed E-state index contributed by atoms with van der Waals surface area (Å²) in [7, 11) is -2.16. The van der Waals surface area contributed by atoms with E-state index in [9.17, 15) is 13.2 Å². The van der Waals surface area contributed by atoms with Crippen molar-refractivity contribution in [3.63, 3.8) is 0 Å². The van der Waals surface area contributed by atoms with Gasteiger partial charge in [0, 0.05) is 13.1 Å². The molecule has 0 bridgehead atoms. The second-order valence-corrected chi connectivity index (χ2v) is 14.3. The fourth-order valence-electron chi connectivity index (χ4n) is 6.29. The van der Waals surface area contributed by atoms with Crippen LogP contribution in [0.2, 0.25) is 0 Å². The van der Waals surface area contributed by atoms with E-state index in [1.54, 1.807) is 30.8 Å². The predicted octanol–water partition coefficient (Wildman–Crippen LogP) is 7.01. The van der Waals surface area contributed by atoms with Crippen LogP contribution >= 0.6 is 0 Å². The highest BCUT2D eigenvalue weighted by atomic mass is 32.2. The van der Waals surface area contributed by atoms with Crippen LogP contribution in [0.15, 0.2) is 114 Å². The number of aromatic nitrogens is 3. The Hall–Kier alpha value is -5.00. The molecule has 50 heavy (non-hydrogen) atoms. The Labute approximate surface area is 293 Å². The van der Waals surface area contributed by atoms with E-state index in [-0.39, 0.29) is 42.3 Å². The molecule has 0 radical (unpaired) electrons. The van der Waals surface area contributed by atoms with Crippen molar-refractivity contribution in [2.45, 2.75) is 69.2 Å². The van der Waals surface area contributed by atoms with Crippen molar-refractivity contribution in [3.8, 4) is 11.6 Å². The van der Waals surface area contributed by atoms with Crippen molar-refractivity contribution < 1.29 is 27.4 Å². The minimum Gasteiger partial charge on any atom is -0.497 e. The van der Waals surface area contributed by atoms with Crippen LogP contribution in [0, 0.1) is 0 Å². The topological polar surface area (TPSA) is 113 Å². The lowest BCUT2D eigenvalue weighted by Gasteiger charge is -2.29. The number of hydrogen-bond acceptors (Lipinski definition) is 8. The van der Waals surface area contributed by atoms with Gasteiger partial charge in [0.2, 0.25) is 21.6 Å². The lowest BCUT2D eigenvalue weighted by Crippen LogP contribution is -2.30. The van der Waals surface area contributed by atoms with Gasteiger partial charge >= 0.3 is 5.97 Å². The van der Waals surface area contributed by atoms with E-state index in [2.05, 4.69) is 10.3 Å². The number of sulfonamides is 1. The summed E-state index contributed by atoms with van der Waals surface area (Å²) in [6, 6.07) is 34.2. The fraction of sp³-hybridized carbons (Fsp3) is 0.308. The normalized spacial score (nSPS) is 16.2. The van der Waals surface area contributed by atoms with E-state index in [0.717, 1.165) is 53.7 Å². The maximum absolute atomic E-state index is 14.0. The van der Waals surface area contributed by atoms with Gasteiger partial charge in [0.05, 0.1) is 25.2 Å². The molecule has 5 aromatic rings. The molecule has 0 spiro atoms. The van der Waals surface area contributed by atoms with E-state index < -0.39 is 16.0 Å². The molecule has 1 aromatic heterocycles. The molecule has 0 aliphatic heterocycles. The Morgan fingerprint density at radius 2 is 1.40 bits per heavy atom. The van der Waals surface area contributed by atoms with E-state index in [1.165, 1.54) is 4.31 Å². The Morgan fingerprint density at radius 1 is 0.800 bits per heavy atom. The number of esters is 1. The first-order valence-corrected chi connectivity index (χ1v) is 18.4. The number of ether oxygens (including phenoxy) is 3. The minimum atomic E-state index is -3.77. The first kappa shape index (κ1) is 34.8. The van der Waals surface area contributed by atoms with Gasteiger partial charge in [-0.1, -0.05) is 90.1 Å². The number of hydrogen-bond donors (Lipinski definition) is 0. The lowest BCUT2D eigenvalue weighted by molar-refractivity contribution is 0.0507. The summed E-state index contributed by atoms with van der Waals surface area (Å²) < 4.78 is 48.0. The van der Waals surface area contributed by atoms with Gasteiger partial charge in [0.25, 0.3) is 0 Å². The number of benzene rings is 4. The van der Waals surface area contributed by atoms with Crippen molar-refractivity contribution in [1.82, 2.24) is 19.3 Å². The monoisotopic (exact) mass is 694 g/mol. The van der Waals surface area contributed by atoms with Gasteiger partial charge < -0.3 is 14.2 Å². The second-order valence-electron chi connectivity index (χ2n) is 12.4. The summed E-state index contributed by atoms with van der Waals surface area (Å²) >= 11 is 0. The zero-order chi connectivity index (χ0) is 34.9. The largest absolute Gasteiger partial charge is 0.497 e. The van der Waals surface area contributed by atoms with Crippen LogP contribution in [0.5, 0.6) is 11.6 Å².